The van der Waals surface area contributed by atoms with Crippen molar-refractivity contribution in [3.05, 3.63) is 46.1 Å². The number of carbonyl (C=O) groups excluding carboxylic acids is 3. The van der Waals surface area contributed by atoms with Gasteiger partial charge in [0.15, 0.2) is 34.6 Å². The van der Waals surface area contributed by atoms with Gasteiger partial charge in [-0.2, -0.15) is 0 Å². The number of Topliss-reactive ketones (excluding diaryl/α,β-unsaturated/α-hetero) is 1. The Hall–Kier alpha value is -3.66. The zero-order valence-corrected chi connectivity index (χ0v) is 23.2. The molecule has 4 rings (SSSR count). The molecular weight excluding hydrogens is 525 g/mol. The smallest absolute Gasteiger partial charge is 0.223 e. The third-order valence-corrected chi connectivity index (χ3v) is 7.61. The summed E-state index contributed by atoms with van der Waals surface area (Å²) in [6.45, 7) is 3.31. The predicted octanol–water partition coefficient (Wildman–Crippen LogP) is 5.71. The maximum Gasteiger partial charge on any atom is 0.223 e. The number of halogens is 1. The van der Waals surface area contributed by atoms with Crippen LogP contribution >= 0.6 is 11.3 Å². The quantitative estimate of drug-likeness (QED) is 0.142. The Morgan fingerprint density at radius 2 is 1.67 bits per heavy atom. The van der Waals surface area contributed by atoms with E-state index < -0.39 is 5.82 Å². The number of carbonyl (C=O) groups is 3. The van der Waals surface area contributed by atoms with Gasteiger partial charge in [0, 0.05) is 54.9 Å². The van der Waals surface area contributed by atoms with Crippen LogP contribution in [0.5, 0.6) is 23.0 Å². The SMILES string of the molecule is CCCC(=O)c1cc2c(F)c(OCCCOc3cc4c(cc3OC)CN(C(=O)CCC=O)C4)c(OC)cc2s1. The lowest BCUT2D eigenvalue weighted by molar-refractivity contribution is -0.132. The van der Waals surface area contributed by atoms with Crippen LogP contribution in [0.2, 0.25) is 0 Å². The van der Waals surface area contributed by atoms with E-state index in [-0.39, 0.29) is 49.2 Å². The Kier molecular flexibility index (Phi) is 9.40. The number of benzene rings is 2. The van der Waals surface area contributed by atoms with Gasteiger partial charge in [0.1, 0.15) is 6.29 Å². The monoisotopic (exact) mass is 557 g/mol. The Morgan fingerprint density at radius 1 is 0.974 bits per heavy atom. The van der Waals surface area contributed by atoms with Gasteiger partial charge < -0.3 is 28.6 Å². The number of amides is 1. The fourth-order valence-electron chi connectivity index (χ4n) is 4.48. The molecule has 2 heterocycles. The molecule has 0 saturated carbocycles. The highest BCUT2D eigenvalue weighted by molar-refractivity contribution is 7.20. The van der Waals surface area contributed by atoms with Crippen LogP contribution < -0.4 is 18.9 Å². The zero-order valence-electron chi connectivity index (χ0n) is 22.3. The van der Waals surface area contributed by atoms with E-state index in [0.717, 1.165) is 23.8 Å². The van der Waals surface area contributed by atoms with E-state index in [4.69, 9.17) is 18.9 Å². The first-order valence-corrected chi connectivity index (χ1v) is 13.7. The van der Waals surface area contributed by atoms with Crippen LogP contribution in [-0.2, 0) is 22.7 Å². The summed E-state index contributed by atoms with van der Waals surface area (Å²) in [4.78, 5) is 37.4. The van der Waals surface area contributed by atoms with Crippen LogP contribution in [0.1, 0.15) is 59.8 Å². The van der Waals surface area contributed by atoms with E-state index in [1.807, 2.05) is 19.1 Å². The fourth-order valence-corrected chi connectivity index (χ4v) is 5.54. The predicted molar refractivity (Wildman–Crippen MR) is 146 cm³/mol. The number of ketones is 1. The summed E-state index contributed by atoms with van der Waals surface area (Å²) in [6.07, 6.45) is 2.76. The molecular formula is C29H32FNO7S. The largest absolute Gasteiger partial charge is 0.493 e. The highest BCUT2D eigenvalue weighted by Gasteiger charge is 2.25. The van der Waals surface area contributed by atoms with Crippen molar-refractivity contribution >= 4 is 39.4 Å². The molecule has 2 aromatic carbocycles. The van der Waals surface area contributed by atoms with Crippen molar-refractivity contribution in [1.82, 2.24) is 4.90 Å². The molecule has 0 aliphatic carbocycles. The van der Waals surface area contributed by atoms with Crippen molar-refractivity contribution in [2.75, 3.05) is 27.4 Å². The van der Waals surface area contributed by atoms with E-state index in [1.54, 1.807) is 24.1 Å². The Bertz CT molecular complexity index is 1370. The standard InChI is InChI=1S/C29H32FNO7S/c1-4-7-21(33)26-14-20-25(39-26)15-24(36-3)29(28(20)30)38-11-6-10-37-23-13-19-17-31(27(34)8-5-9-32)16-18(19)12-22(23)35-2/h9,12-15H,4-8,10-11,16-17H2,1-3H3. The number of aldehydes is 1. The Labute approximate surface area is 230 Å². The molecule has 1 aliphatic heterocycles. The molecule has 208 valence electrons. The minimum atomic E-state index is -0.551. The molecule has 1 aliphatic rings. The lowest BCUT2D eigenvalue weighted by atomic mass is 10.1. The van der Waals surface area contributed by atoms with Gasteiger partial charge in [-0.25, -0.2) is 4.39 Å². The maximum absolute atomic E-state index is 15.3. The van der Waals surface area contributed by atoms with Crippen molar-refractivity contribution in [2.24, 2.45) is 0 Å². The molecule has 3 aromatic rings. The lowest BCUT2D eigenvalue weighted by Crippen LogP contribution is -2.24. The molecule has 0 bridgehead atoms. The summed E-state index contributed by atoms with van der Waals surface area (Å²) in [5.74, 6) is 0.757. The van der Waals surface area contributed by atoms with E-state index in [2.05, 4.69) is 0 Å². The second-order valence-corrected chi connectivity index (χ2v) is 10.3. The number of hydrogen-bond donors (Lipinski definition) is 0. The van der Waals surface area contributed by atoms with Crippen LogP contribution in [0.25, 0.3) is 10.1 Å². The third kappa shape index (κ3) is 6.33. The van der Waals surface area contributed by atoms with Gasteiger partial charge in [0.25, 0.3) is 0 Å². The van der Waals surface area contributed by atoms with E-state index in [1.165, 1.54) is 18.4 Å². The number of nitrogens with zero attached hydrogens (tertiary/aromatic N) is 1. The van der Waals surface area contributed by atoms with Crippen molar-refractivity contribution in [1.29, 1.82) is 0 Å². The van der Waals surface area contributed by atoms with Gasteiger partial charge in [-0.05, 0) is 35.7 Å². The first-order valence-electron chi connectivity index (χ1n) is 12.9. The summed E-state index contributed by atoms with van der Waals surface area (Å²) in [7, 11) is 3.00. The maximum atomic E-state index is 15.3. The second kappa shape index (κ2) is 12.9. The van der Waals surface area contributed by atoms with Gasteiger partial charge in [-0.15, -0.1) is 11.3 Å². The first kappa shape index (κ1) is 28.4. The van der Waals surface area contributed by atoms with Crippen LogP contribution in [0.4, 0.5) is 4.39 Å². The summed E-state index contributed by atoms with van der Waals surface area (Å²) < 4.78 is 38.5. The number of rotatable bonds is 14. The second-order valence-electron chi connectivity index (χ2n) is 9.19. The molecule has 0 N–H and O–H groups in total. The summed E-state index contributed by atoms with van der Waals surface area (Å²) in [5, 5.41) is 0.341. The molecule has 0 saturated heterocycles. The van der Waals surface area contributed by atoms with Gasteiger partial charge in [-0.3, -0.25) is 9.59 Å². The highest BCUT2D eigenvalue weighted by atomic mass is 32.1. The number of methoxy groups -OCH3 is 2. The van der Waals surface area contributed by atoms with Crippen molar-refractivity contribution in [3.8, 4) is 23.0 Å². The van der Waals surface area contributed by atoms with E-state index in [0.29, 0.717) is 52.4 Å². The molecule has 0 spiro atoms. The average molecular weight is 558 g/mol. The van der Waals surface area contributed by atoms with E-state index >= 15 is 4.39 Å². The Morgan fingerprint density at radius 3 is 2.33 bits per heavy atom. The molecule has 0 unspecified atom stereocenters. The summed E-state index contributed by atoms with van der Waals surface area (Å²) in [5.41, 5.74) is 1.95. The molecule has 39 heavy (non-hydrogen) atoms. The number of thiophene rings is 1. The normalized spacial score (nSPS) is 12.4. The minimum absolute atomic E-state index is 0.00382. The summed E-state index contributed by atoms with van der Waals surface area (Å²) in [6, 6.07) is 7.01. The number of hydrogen-bond acceptors (Lipinski definition) is 8. The molecule has 0 fully saturated rings. The molecule has 0 radical (unpaired) electrons. The van der Waals surface area contributed by atoms with Crippen LogP contribution in [0.15, 0.2) is 24.3 Å². The molecule has 1 amide bonds. The zero-order chi connectivity index (χ0) is 27.9. The van der Waals surface area contributed by atoms with Gasteiger partial charge in [0.05, 0.1) is 32.3 Å². The number of fused-ring (bicyclic) bond motifs is 2. The van der Waals surface area contributed by atoms with Crippen LogP contribution in [-0.4, -0.2) is 50.3 Å². The third-order valence-electron chi connectivity index (χ3n) is 6.48. The topological polar surface area (TPSA) is 91.4 Å². The molecule has 10 heteroatoms. The highest BCUT2D eigenvalue weighted by Crippen LogP contribution is 2.40. The fraction of sp³-hybridized carbons (Fsp3) is 0.414. The minimum Gasteiger partial charge on any atom is -0.493 e. The van der Waals surface area contributed by atoms with Crippen LogP contribution in [0, 0.1) is 5.82 Å². The van der Waals surface area contributed by atoms with Gasteiger partial charge >= 0.3 is 0 Å². The van der Waals surface area contributed by atoms with Gasteiger partial charge in [-0.1, -0.05) is 6.92 Å². The first-order chi connectivity index (χ1) is 18.9. The average Bonchev–Trinajstić information content (AvgIpc) is 3.56. The van der Waals surface area contributed by atoms with Crippen molar-refractivity contribution in [3.63, 3.8) is 0 Å². The summed E-state index contributed by atoms with van der Waals surface area (Å²) >= 11 is 1.25. The lowest BCUT2D eigenvalue weighted by Gasteiger charge is -2.14. The van der Waals surface area contributed by atoms with E-state index in [9.17, 15) is 14.4 Å². The number of ether oxygens (including phenoxy) is 4. The van der Waals surface area contributed by atoms with Gasteiger partial charge in [0.2, 0.25) is 5.91 Å². The van der Waals surface area contributed by atoms with Crippen molar-refractivity contribution in [2.45, 2.75) is 52.1 Å². The molecule has 1 aromatic heterocycles. The molecule has 0 atom stereocenters. The molecule has 8 nitrogen and oxygen atoms in total. The van der Waals surface area contributed by atoms with Crippen molar-refractivity contribution < 1.29 is 37.7 Å². The Balaban J connectivity index is 1.37. The van der Waals surface area contributed by atoms with Crippen LogP contribution in [0.3, 0.4) is 0 Å².